The van der Waals surface area contributed by atoms with Crippen molar-refractivity contribution >= 4 is 17.4 Å². The summed E-state index contributed by atoms with van der Waals surface area (Å²) in [5, 5.41) is 11.0. The second-order valence-electron chi connectivity index (χ2n) is 9.91. The third kappa shape index (κ3) is 3.61. The highest BCUT2D eigenvalue weighted by atomic mass is 19.1. The number of anilines is 1. The number of hydrogen-bond acceptors (Lipinski definition) is 7. The molecule has 5 aromatic rings. The zero-order chi connectivity index (χ0) is 25.8. The van der Waals surface area contributed by atoms with Gasteiger partial charge in [-0.15, -0.1) is 0 Å². The number of carbonyl (C=O) groups is 1. The number of fused-ring (bicyclic) bond motifs is 3. The summed E-state index contributed by atoms with van der Waals surface area (Å²) in [7, 11) is 0. The van der Waals surface area contributed by atoms with Crippen molar-refractivity contribution in [1.29, 1.82) is 0 Å². The lowest BCUT2D eigenvalue weighted by atomic mass is 9.87. The number of aromatic amines is 1. The first-order valence-electron chi connectivity index (χ1n) is 12.6. The van der Waals surface area contributed by atoms with Crippen molar-refractivity contribution in [3.05, 3.63) is 78.5 Å². The fraction of sp³-hybridized carbons (Fsp3) is 0.259. The maximum absolute atomic E-state index is 14.2. The van der Waals surface area contributed by atoms with E-state index in [9.17, 15) is 9.18 Å². The summed E-state index contributed by atoms with van der Waals surface area (Å²) in [6.07, 6.45) is 8.31. The topological polar surface area (TPSA) is 131 Å². The minimum atomic E-state index is -0.314. The molecule has 1 amide bonds. The Morgan fingerprint density at radius 2 is 1.84 bits per heavy atom. The van der Waals surface area contributed by atoms with Crippen LogP contribution in [0.3, 0.4) is 0 Å². The molecule has 190 valence electrons. The number of nitrogen functional groups attached to an aromatic ring is 1. The summed E-state index contributed by atoms with van der Waals surface area (Å²) in [6.45, 7) is 0. The number of piperidine rings is 1. The van der Waals surface area contributed by atoms with Gasteiger partial charge in [-0.1, -0.05) is 18.2 Å². The van der Waals surface area contributed by atoms with Crippen LogP contribution in [0.1, 0.15) is 47.9 Å². The molecule has 0 spiro atoms. The Kier molecular flexibility index (Phi) is 5.17. The quantitative estimate of drug-likeness (QED) is 0.376. The molecule has 0 aliphatic carbocycles. The lowest BCUT2D eigenvalue weighted by molar-refractivity contribution is 0.0557. The molecule has 2 fully saturated rings. The van der Waals surface area contributed by atoms with Crippen molar-refractivity contribution in [2.75, 3.05) is 5.73 Å². The smallest absolute Gasteiger partial charge is 0.291 e. The number of nitrogens with two attached hydrogens (primary N) is 1. The molecule has 3 N–H and O–H groups in total. The van der Waals surface area contributed by atoms with E-state index in [2.05, 4.69) is 25.3 Å². The van der Waals surface area contributed by atoms with Crippen molar-refractivity contribution in [2.24, 2.45) is 0 Å². The molecule has 0 radical (unpaired) electrons. The maximum Gasteiger partial charge on any atom is 0.291 e. The van der Waals surface area contributed by atoms with Gasteiger partial charge in [-0.05, 0) is 43.9 Å². The highest BCUT2D eigenvalue weighted by Gasteiger charge is 2.45. The molecule has 1 aromatic carbocycles. The van der Waals surface area contributed by atoms with Crippen LogP contribution in [0.15, 0.2) is 61.2 Å². The molecule has 2 bridgehead atoms. The third-order valence-corrected chi connectivity index (χ3v) is 7.75. The zero-order valence-corrected chi connectivity index (χ0v) is 20.3. The first-order valence-corrected chi connectivity index (χ1v) is 12.6. The van der Waals surface area contributed by atoms with Gasteiger partial charge >= 0.3 is 0 Å². The van der Waals surface area contributed by atoms with Crippen molar-refractivity contribution < 1.29 is 9.18 Å². The van der Waals surface area contributed by atoms with Crippen LogP contribution in [0.25, 0.3) is 28.0 Å². The number of nitrogens with one attached hydrogen (secondary N) is 1. The molecule has 38 heavy (non-hydrogen) atoms. The van der Waals surface area contributed by atoms with Crippen molar-refractivity contribution in [2.45, 2.75) is 43.7 Å². The Balaban J connectivity index is 1.19. The normalized spacial score (nSPS) is 20.8. The molecule has 3 atom stereocenters. The van der Waals surface area contributed by atoms with E-state index in [-0.39, 0.29) is 35.6 Å². The van der Waals surface area contributed by atoms with E-state index >= 15 is 0 Å². The molecule has 6 heterocycles. The summed E-state index contributed by atoms with van der Waals surface area (Å²) in [4.78, 5) is 28.5. The fourth-order valence-corrected chi connectivity index (χ4v) is 5.98. The summed E-state index contributed by atoms with van der Waals surface area (Å²) in [5.74, 6) is 0.538. The minimum absolute atomic E-state index is 0.0965. The predicted octanol–water partition coefficient (Wildman–Crippen LogP) is 3.85. The largest absolute Gasteiger partial charge is 0.384 e. The summed E-state index contributed by atoms with van der Waals surface area (Å²) in [5.41, 5.74) is 10.6. The van der Waals surface area contributed by atoms with E-state index in [1.165, 1.54) is 12.4 Å². The SMILES string of the molecule is Nc1cc(C2C[C@H]3CC[C@@H](C2)N3C(=O)c2ncn[nH]2)nc2c(-c3ccc(-c4ccccc4F)nc3)cnn12. The lowest BCUT2D eigenvalue weighted by Crippen LogP contribution is -2.46. The number of rotatable bonds is 4. The average Bonchev–Trinajstić information content (AvgIpc) is 3.67. The number of amides is 1. The van der Waals surface area contributed by atoms with Crippen molar-refractivity contribution in [3.63, 3.8) is 0 Å². The average molecular weight is 510 g/mol. The third-order valence-electron chi connectivity index (χ3n) is 7.75. The monoisotopic (exact) mass is 509 g/mol. The predicted molar refractivity (Wildman–Crippen MR) is 137 cm³/mol. The molecule has 0 saturated carbocycles. The molecule has 10 nitrogen and oxygen atoms in total. The van der Waals surface area contributed by atoms with Crippen LogP contribution in [0.4, 0.5) is 10.2 Å². The van der Waals surface area contributed by atoms with Crippen molar-refractivity contribution in [1.82, 2.24) is 39.7 Å². The Morgan fingerprint density at radius 1 is 1.03 bits per heavy atom. The van der Waals surface area contributed by atoms with Gasteiger partial charge in [0.15, 0.2) is 5.65 Å². The second kappa shape index (κ2) is 8.72. The number of H-pyrrole nitrogens is 1. The Bertz CT molecular complexity index is 1630. The lowest BCUT2D eigenvalue weighted by Gasteiger charge is -2.38. The van der Waals surface area contributed by atoms with E-state index in [4.69, 9.17) is 10.7 Å². The van der Waals surface area contributed by atoms with Gasteiger partial charge in [0.25, 0.3) is 5.91 Å². The van der Waals surface area contributed by atoms with Crippen LogP contribution >= 0.6 is 0 Å². The van der Waals surface area contributed by atoms with Crippen LogP contribution in [0, 0.1) is 5.82 Å². The zero-order valence-electron chi connectivity index (χ0n) is 20.3. The molecule has 2 aliphatic rings. The Labute approximate surface area is 216 Å². The number of hydrogen-bond donors (Lipinski definition) is 2. The molecule has 7 rings (SSSR count). The number of halogens is 1. The number of nitrogens with zero attached hydrogens (tertiary/aromatic N) is 7. The Hall–Kier alpha value is -4.67. The standard InChI is InChI=1S/C27H24FN9O/c28-21-4-2-1-3-19(21)22-8-5-15(12-30-22)20-13-33-37-24(29)11-23(34-26(20)37)16-9-17-6-7-18(10-16)36(17)27(38)25-31-14-32-35-25/h1-5,8,11-14,16-18H,6-7,9-10,29H2,(H,31,32,35)/t16?,17-,18+. The number of pyridine rings is 1. The molecular weight excluding hydrogens is 485 g/mol. The summed E-state index contributed by atoms with van der Waals surface area (Å²) >= 11 is 0. The van der Waals surface area contributed by atoms with Crippen LogP contribution < -0.4 is 5.73 Å². The molecule has 2 aliphatic heterocycles. The van der Waals surface area contributed by atoms with Crippen LogP contribution in [-0.4, -0.2) is 57.7 Å². The van der Waals surface area contributed by atoms with Gasteiger partial charge in [0.05, 0.1) is 11.9 Å². The van der Waals surface area contributed by atoms with Crippen molar-refractivity contribution in [3.8, 4) is 22.4 Å². The van der Waals surface area contributed by atoms with Gasteiger partial charge in [-0.25, -0.2) is 14.4 Å². The summed E-state index contributed by atoms with van der Waals surface area (Å²) in [6, 6.07) is 12.4. The molecule has 1 unspecified atom stereocenters. The number of aromatic nitrogens is 7. The van der Waals surface area contributed by atoms with E-state index in [0.717, 1.165) is 42.5 Å². The fourth-order valence-electron chi connectivity index (χ4n) is 5.98. The maximum atomic E-state index is 14.2. The molecule has 4 aromatic heterocycles. The number of carbonyl (C=O) groups excluding carboxylic acids is 1. The highest BCUT2D eigenvalue weighted by molar-refractivity contribution is 5.91. The van der Waals surface area contributed by atoms with Gasteiger partial charge in [-0.3, -0.25) is 14.9 Å². The Morgan fingerprint density at radius 3 is 2.55 bits per heavy atom. The minimum Gasteiger partial charge on any atom is -0.384 e. The van der Waals surface area contributed by atoms with Crippen LogP contribution in [-0.2, 0) is 0 Å². The summed E-state index contributed by atoms with van der Waals surface area (Å²) < 4.78 is 15.8. The van der Waals surface area contributed by atoms with Gasteiger partial charge < -0.3 is 10.6 Å². The van der Waals surface area contributed by atoms with E-state index < -0.39 is 0 Å². The van der Waals surface area contributed by atoms with Gasteiger partial charge in [0.2, 0.25) is 5.82 Å². The first kappa shape index (κ1) is 22.5. The van der Waals surface area contributed by atoms with E-state index in [1.807, 2.05) is 17.0 Å². The molecular formula is C27H24FN9O. The number of benzene rings is 1. The molecule has 2 saturated heterocycles. The van der Waals surface area contributed by atoms with Gasteiger partial charge in [0.1, 0.15) is 18.0 Å². The van der Waals surface area contributed by atoms with Crippen LogP contribution in [0.2, 0.25) is 0 Å². The second-order valence-corrected chi connectivity index (χ2v) is 9.91. The van der Waals surface area contributed by atoms with E-state index in [1.54, 1.807) is 41.2 Å². The highest BCUT2D eigenvalue weighted by Crippen LogP contribution is 2.43. The van der Waals surface area contributed by atoms with Crippen LogP contribution in [0.5, 0.6) is 0 Å². The van der Waals surface area contributed by atoms with Gasteiger partial charge in [0, 0.05) is 52.6 Å². The molecule has 11 heteroatoms. The van der Waals surface area contributed by atoms with Gasteiger partial charge in [-0.2, -0.15) is 14.7 Å². The van der Waals surface area contributed by atoms with E-state index in [0.29, 0.717) is 22.7 Å². The first-order chi connectivity index (χ1) is 18.6.